The molecule has 1 heterocycles. The Bertz CT molecular complexity index is 652. The SMILES string of the molecule is Cc1cccc2c1NC(c1ccc(Br)cc1)CC(=O)O2. The molecule has 1 atom stereocenters. The number of halogens is 1. The summed E-state index contributed by atoms with van der Waals surface area (Å²) in [7, 11) is 0. The molecule has 3 rings (SSSR count). The standard InChI is InChI=1S/C16H14BrNO2/c1-10-3-2-4-14-16(10)18-13(9-15(19)20-14)11-5-7-12(17)8-6-11/h2-8,13,18H,9H2,1H3. The molecule has 2 aromatic rings. The maximum atomic E-state index is 11.9. The molecule has 0 amide bonds. The molecule has 102 valence electrons. The van der Waals surface area contributed by atoms with Crippen LogP contribution in [0.25, 0.3) is 0 Å². The van der Waals surface area contributed by atoms with E-state index in [0.717, 1.165) is 21.3 Å². The summed E-state index contributed by atoms with van der Waals surface area (Å²) in [5, 5.41) is 3.43. The van der Waals surface area contributed by atoms with Crippen molar-refractivity contribution in [3.8, 4) is 5.75 Å². The number of carbonyl (C=O) groups excluding carboxylic acids is 1. The van der Waals surface area contributed by atoms with Crippen molar-refractivity contribution in [3.05, 3.63) is 58.1 Å². The molecule has 0 saturated heterocycles. The first kappa shape index (κ1) is 13.2. The minimum Gasteiger partial charge on any atom is -0.424 e. The molecule has 0 saturated carbocycles. The van der Waals surface area contributed by atoms with E-state index in [1.807, 2.05) is 49.4 Å². The number of nitrogens with one attached hydrogen (secondary N) is 1. The van der Waals surface area contributed by atoms with Gasteiger partial charge < -0.3 is 10.1 Å². The largest absolute Gasteiger partial charge is 0.424 e. The maximum absolute atomic E-state index is 11.9. The van der Waals surface area contributed by atoms with Crippen molar-refractivity contribution in [1.29, 1.82) is 0 Å². The highest BCUT2D eigenvalue weighted by atomic mass is 79.9. The summed E-state index contributed by atoms with van der Waals surface area (Å²) in [6.07, 6.45) is 0.315. The van der Waals surface area contributed by atoms with Gasteiger partial charge in [0.1, 0.15) is 0 Å². The fraction of sp³-hybridized carbons (Fsp3) is 0.188. The predicted molar refractivity (Wildman–Crippen MR) is 81.9 cm³/mol. The van der Waals surface area contributed by atoms with Crippen LogP contribution < -0.4 is 10.1 Å². The molecule has 0 aliphatic carbocycles. The van der Waals surface area contributed by atoms with Crippen LogP contribution in [0.2, 0.25) is 0 Å². The summed E-state index contributed by atoms with van der Waals surface area (Å²) in [4.78, 5) is 11.9. The van der Waals surface area contributed by atoms with E-state index in [0.29, 0.717) is 12.2 Å². The first-order valence-corrected chi connectivity index (χ1v) is 7.25. The minimum atomic E-state index is -0.213. The van der Waals surface area contributed by atoms with Crippen LogP contribution in [0.4, 0.5) is 5.69 Å². The molecule has 1 N–H and O–H groups in total. The number of aryl methyl sites for hydroxylation is 1. The summed E-state index contributed by atoms with van der Waals surface area (Å²) in [6.45, 7) is 2.00. The van der Waals surface area contributed by atoms with Crippen LogP contribution >= 0.6 is 15.9 Å². The first-order valence-electron chi connectivity index (χ1n) is 6.46. The monoisotopic (exact) mass is 331 g/mol. The smallest absolute Gasteiger partial charge is 0.313 e. The van der Waals surface area contributed by atoms with E-state index >= 15 is 0 Å². The third-order valence-corrected chi connectivity index (χ3v) is 3.95. The second-order valence-electron chi connectivity index (χ2n) is 4.87. The summed E-state index contributed by atoms with van der Waals surface area (Å²) in [5.41, 5.74) is 3.03. The van der Waals surface area contributed by atoms with Gasteiger partial charge in [0, 0.05) is 4.47 Å². The fourth-order valence-corrected chi connectivity index (χ4v) is 2.63. The summed E-state index contributed by atoms with van der Waals surface area (Å²) in [5.74, 6) is 0.393. The molecule has 0 fully saturated rings. The van der Waals surface area contributed by atoms with E-state index in [2.05, 4.69) is 21.2 Å². The number of ether oxygens (including phenoxy) is 1. The van der Waals surface area contributed by atoms with E-state index in [1.165, 1.54) is 0 Å². The second kappa shape index (κ2) is 5.29. The van der Waals surface area contributed by atoms with Crippen molar-refractivity contribution < 1.29 is 9.53 Å². The predicted octanol–water partition coefficient (Wildman–Crippen LogP) is 4.22. The van der Waals surface area contributed by atoms with E-state index in [1.54, 1.807) is 0 Å². The van der Waals surface area contributed by atoms with Crippen molar-refractivity contribution in [3.63, 3.8) is 0 Å². The van der Waals surface area contributed by atoms with Crippen molar-refractivity contribution in [2.75, 3.05) is 5.32 Å². The van der Waals surface area contributed by atoms with Gasteiger partial charge in [-0.15, -0.1) is 0 Å². The zero-order valence-electron chi connectivity index (χ0n) is 11.0. The van der Waals surface area contributed by atoms with Crippen LogP contribution in [0, 0.1) is 6.92 Å². The lowest BCUT2D eigenvalue weighted by atomic mass is 10.0. The third kappa shape index (κ3) is 2.56. The number of para-hydroxylation sites is 1. The molecule has 1 unspecified atom stereocenters. The Morgan fingerprint density at radius 2 is 1.95 bits per heavy atom. The van der Waals surface area contributed by atoms with E-state index in [4.69, 9.17) is 4.74 Å². The van der Waals surface area contributed by atoms with Crippen molar-refractivity contribution in [2.45, 2.75) is 19.4 Å². The highest BCUT2D eigenvalue weighted by Gasteiger charge is 2.24. The molecule has 0 radical (unpaired) electrons. The first-order chi connectivity index (χ1) is 9.63. The van der Waals surface area contributed by atoms with Gasteiger partial charge in [0.05, 0.1) is 18.2 Å². The summed E-state index contributed by atoms with van der Waals surface area (Å²) >= 11 is 3.42. The molecule has 1 aliphatic rings. The molecule has 2 aromatic carbocycles. The summed E-state index contributed by atoms with van der Waals surface area (Å²) in [6, 6.07) is 13.6. The van der Waals surface area contributed by atoms with E-state index in [9.17, 15) is 4.79 Å². The molecule has 1 aliphatic heterocycles. The molecule has 0 spiro atoms. The van der Waals surface area contributed by atoms with Crippen LogP contribution in [0.15, 0.2) is 46.9 Å². The average molecular weight is 332 g/mol. The molecular weight excluding hydrogens is 318 g/mol. The van der Waals surface area contributed by atoms with Gasteiger partial charge in [0.25, 0.3) is 0 Å². The number of fused-ring (bicyclic) bond motifs is 1. The molecule has 3 nitrogen and oxygen atoms in total. The number of esters is 1. The van der Waals surface area contributed by atoms with Crippen LogP contribution in [0.1, 0.15) is 23.6 Å². The molecule has 20 heavy (non-hydrogen) atoms. The quantitative estimate of drug-likeness (QED) is 0.628. The van der Waals surface area contributed by atoms with Gasteiger partial charge in [-0.25, -0.2) is 0 Å². The number of carbonyl (C=O) groups is 1. The minimum absolute atomic E-state index is 0.0713. The molecular formula is C16H14BrNO2. The van der Waals surface area contributed by atoms with Gasteiger partial charge in [0.2, 0.25) is 0 Å². The lowest BCUT2D eigenvalue weighted by molar-refractivity contribution is -0.134. The van der Waals surface area contributed by atoms with Crippen LogP contribution in [-0.4, -0.2) is 5.97 Å². The molecule has 4 heteroatoms. The third-order valence-electron chi connectivity index (χ3n) is 3.42. The second-order valence-corrected chi connectivity index (χ2v) is 5.79. The lowest BCUT2D eigenvalue weighted by Gasteiger charge is -2.18. The highest BCUT2D eigenvalue weighted by molar-refractivity contribution is 9.10. The van der Waals surface area contributed by atoms with Gasteiger partial charge in [-0.1, -0.05) is 40.2 Å². The fourth-order valence-electron chi connectivity index (χ4n) is 2.36. The molecule has 0 bridgehead atoms. The maximum Gasteiger partial charge on any atom is 0.313 e. The number of rotatable bonds is 1. The number of hydrogen-bond donors (Lipinski definition) is 1. The van der Waals surface area contributed by atoms with Gasteiger partial charge in [-0.05, 0) is 36.2 Å². The van der Waals surface area contributed by atoms with Crippen molar-refractivity contribution in [2.24, 2.45) is 0 Å². The molecule has 0 aromatic heterocycles. The number of anilines is 1. The van der Waals surface area contributed by atoms with Crippen LogP contribution in [0.3, 0.4) is 0 Å². The van der Waals surface area contributed by atoms with Crippen LogP contribution in [-0.2, 0) is 4.79 Å². The van der Waals surface area contributed by atoms with Gasteiger partial charge >= 0.3 is 5.97 Å². The van der Waals surface area contributed by atoms with Gasteiger partial charge in [-0.2, -0.15) is 0 Å². The summed E-state index contributed by atoms with van der Waals surface area (Å²) < 4.78 is 6.42. The lowest BCUT2D eigenvalue weighted by Crippen LogP contribution is -2.14. The van der Waals surface area contributed by atoms with Crippen molar-refractivity contribution >= 4 is 27.6 Å². The van der Waals surface area contributed by atoms with Crippen LogP contribution in [0.5, 0.6) is 5.75 Å². The topological polar surface area (TPSA) is 38.3 Å². The highest BCUT2D eigenvalue weighted by Crippen LogP contribution is 2.36. The number of benzene rings is 2. The van der Waals surface area contributed by atoms with E-state index < -0.39 is 0 Å². The Balaban J connectivity index is 2.00. The average Bonchev–Trinajstić information content (AvgIpc) is 2.59. The zero-order chi connectivity index (χ0) is 14.1. The Morgan fingerprint density at radius 1 is 1.20 bits per heavy atom. The van der Waals surface area contributed by atoms with Gasteiger partial charge in [0.15, 0.2) is 5.75 Å². The van der Waals surface area contributed by atoms with Crippen molar-refractivity contribution in [1.82, 2.24) is 0 Å². The number of hydrogen-bond acceptors (Lipinski definition) is 3. The van der Waals surface area contributed by atoms with Gasteiger partial charge in [-0.3, -0.25) is 4.79 Å². The Hall–Kier alpha value is -1.81. The van der Waals surface area contributed by atoms with E-state index in [-0.39, 0.29) is 12.0 Å². The Kier molecular flexibility index (Phi) is 3.49. The zero-order valence-corrected chi connectivity index (χ0v) is 12.6. The Labute approximate surface area is 126 Å². The Morgan fingerprint density at radius 3 is 2.70 bits per heavy atom. The normalized spacial score (nSPS) is 17.7.